The fraction of sp³-hybridized carbons (Fsp3) is 0.333. The van der Waals surface area contributed by atoms with E-state index >= 15 is 0 Å². The minimum absolute atomic E-state index is 0.0241. The van der Waals surface area contributed by atoms with Gasteiger partial charge in [-0.05, 0) is 51.4 Å². The molecule has 0 saturated carbocycles. The van der Waals surface area contributed by atoms with E-state index in [2.05, 4.69) is 0 Å². The number of aliphatic hydroxyl groups is 1. The van der Waals surface area contributed by atoms with Crippen LogP contribution in [-0.4, -0.2) is 60.4 Å². The lowest BCUT2D eigenvalue weighted by Gasteiger charge is -2.24. The Balaban J connectivity index is 2.08. The number of Topliss-reactive ketones (excluding diaryl/α,β-unsaturated/α-hetero) is 1. The maximum Gasteiger partial charge on any atom is 0.295 e. The Morgan fingerprint density at radius 1 is 1.31 bits per heavy atom. The number of benzene rings is 1. The number of likely N-dealkylation sites (N-methyl/N-ethyl adjacent to an activating group) is 1. The van der Waals surface area contributed by atoms with Crippen molar-refractivity contribution in [3.05, 3.63) is 58.5 Å². The van der Waals surface area contributed by atoms with Crippen molar-refractivity contribution >= 4 is 29.1 Å². The van der Waals surface area contributed by atoms with E-state index in [9.17, 15) is 14.7 Å². The number of halogens is 1. The number of carbonyl (C=O) groups excluding carboxylic acids is 2. The van der Waals surface area contributed by atoms with E-state index in [1.165, 1.54) is 17.2 Å². The van der Waals surface area contributed by atoms with Crippen LogP contribution in [0, 0.1) is 0 Å². The Labute approximate surface area is 174 Å². The normalized spacial score (nSPS) is 18.7. The van der Waals surface area contributed by atoms with Gasteiger partial charge in [-0.25, -0.2) is 0 Å². The molecule has 1 aliphatic rings. The van der Waals surface area contributed by atoms with Crippen molar-refractivity contribution in [2.75, 3.05) is 33.8 Å². The summed E-state index contributed by atoms with van der Waals surface area (Å²) in [5.41, 5.74) is 0.296. The molecule has 1 amide bonds. The Morgan fingerprint density at radius 3 is 2.66 bits per heavy atom. The van der Waals surface area contributed by atoms with Gasteiger partial charge in [-0.1, -0.05) is 11.6 Å². The first-order chi connectivity index (χ1) is 13.8. The van der Waals surface area contributed by atoms with Crippen molar-refractivity contribution in [1.29, 1.82) is 0 Å². The molecule has 154 valence electrons. The summed E-state index contributed by atoms with van der Waals surface area (Å²) in [5, 5.41) is 11.2. The largest absolute Gasteiger partial charge is 0.507 e. The fourth-order valence-electron chi connectivity index (χ4n) is 3.24. The highest BCUT2D eigenvalue weighted by atomic mass is 35.5. The lowest BCUT2D eigenvalue weighted by molar-refractivity contribution is -0.140. The van der Waals surface area contributed by atoms with Crippen LogP contribution < -0.4 is 4.74 Å². The van der Waals surface area contributed by atoms with E-state index in [1.807, 2.05) is 25.9 Å². The highest BCUT2D eigenvalue weighted by Crippen LogP contribution is 2.40. The molecule has 1 aromatic carbocycles. The molecule has 8 heteroatoms. The maximum absolute atomic E-state index is 12.8. The zero-order chi connectivity index (χ0) is 21.1. The molecule has 7 nitrogen and oxygen atoms in total. The van der Waals surface area contributed by atoms with Crippen LogP contribution in [0.4, 0.5) is 0 Å². The smallest absolute Gasteiger partial charge is 0.295 e. The Bertz CT molecular complexity index is 937. The molecular formula is C21H23ClN2O5. The Hall–Kier alpha value is -2.77. The number of ketones is 1. The summed E-state index contributed by atoms with van der Waals surface area (Å²) in [5.74, 6) is -0.858. The van der Waals surface area contributed by atoms with Gasteiger partial charge in [0.2, 0.25) is 0 Å². The minimum Gasteiger partial charge on any atom is -0.507 e. The summed E-state index contributed by atoms with van der Waals surface area (Å²) in [7, 11) is 3.75. The Kier molecular flexibility index (Phi) is 6.30. The molecule has 29 heavy (non-hydrogen) atoms. The molecule has 1 aromatic heterocycles. The summed E-state index contributed by atoms with van der Waals surface area (Å²) in [6.07, 6.45) is 1.47. The maximum atomic E-state index is 12.8. The van der Waals surface area contributed by atoms with Crippen molar-refractivity contribution in [3.63, 3.8) is 0 Å². The van der Waals surface area contributed by atoms with Gasteiger partial charge < -0.3 is 24.1 Å². The molecular weight excluding hydrogens is 396 g/mol. The van der Waals surface area contributed by atoms with Gasteiger partial charge in [-0.15, -0.1) is 0 Å². The molecule has 0 radical (unpaired) electrons. The van der Waals surface area contributed by atoms with E-state index < -0.39 is 17.7 Å². The first-order valence-electron chi connectivity index (χ1n) is 9.24. The van der Waals surface area contributed by atoms with Crippen LogP contribution in [0.1, 0.15) is 24.3 Å². The Morgan fingerprint density at radius 2 is 2.07 bits per heavy atom. The van der Waals surface area contributed by atoms with Gasteiger partial charge in [0.15, 0.2) is 0 Å². The highest BCUT2D eigenvalue weighted by Gasteiger charge is 2.47. The van der Waals surface area contributed by atoms with E-state index in [0.29, 0.717) is 41.8 Å². The molecule has 2 heterocycles. The average molecular weight is 419 g/mol. The zero-order valence-corrected chi connectivity index (χ0v) is 17.3. The monoisotopic (exact) mass is 418 g/mol. The average Bonchev–Trinajstić information content (AvgIpc) is 3.29. The summed E-state index contributed by atoms with van der Waals surface area (Å²) in [4.78, 5) is 28.8. The zero-order valence-electron chi connectivity index (χ0n) is 16.5. The number of likely N-dealkylation sites (tertiary alicyclic amines) is 1. The van der Waals surface area contributed by atoms with Crippen LogP contribution in [0.3, 0.4) is 0 Å². The lowest BCUT2D eigenvalue weighted by atomic mass is 9.99. The van der Waals surface area contributed by atoms with E-state index in [-0.39, 0.29) is 11.3 Å². The number of amides is 1. The van der Waals surface area contributed by atoms with Crippen LogP contribution in [0.15, 0.2) is 46.6 Å². The second-order valence-electron chi connectivity index (χ2n) is 6.89. The van der Waals surface area contributed by atoms with Crippen LogP contribution in [0.5, 0.6) is 5.75 Å². The number of rotatable bonds is 7. The number of furan rings is 1. The van der Waals surface area contributed by atoms with Crippen LogP contribution in [0.2, 0.25) is 5.02 Å². The van der Waals surface area contributed by atoms with Crippen molar-refractivity contribution in [3.8, 4) is 5.75 Å². The van der Waals surface area contributed by atoms with Gasteiger partial charge in [-0.3, -0.25) is 9.59 Å². The molecule has 1 N–H and O–H groups in total. The molecule has 1 fully saturated rings. The summed E-state index contributed by atoms with van der Waals surface area (Å²) >= 11 is 6.23. The summed E-state index contributed by atoms with van der Waals surface area (Å²) in [6.45, 7) is 3.15. The second kappa shape index (κ2) is 8.71. The SMILES string of the molecule is CCOc1ccc(/C(O)=C2\C(=O)C(=O)N(CCN(C)C)[C@H]2c2ccco2)cc1Cl. The standard InChI is InChI=1S/C21H23ClN2O5/c1-4-28-15-8-7-13(12-14(15)22)19(25)17-18(16-6-5-11-29-16)24(10-9-23(2)3)21(27)20(17)26/h5-8,11-12,18,25H,4,9-10H2,1-3H3/b19-17+/t18-/m0/s1. The molecule has 2 aromatic rings. The third-order valence-electron chi connectivity index (χ3n) is 4.65. The quantitative estimate of drug-likeness (QED) is 0.422. The van der Waals surface area contributed by atoms with Crippen molar-refractivity contribution < 1.29 is 23.8 Å². The molecule has 0 unspecified atom stereocenters. The van der Waals surface area contributed by atoms with Crippen molar-refractivity contribution in [2.45, 2.75) is 13.0 Å². The second-order valence-corrected chi connectivity index (χ2v) is 7.30. The molecule has 0 bridgehead atoms. The third kappa shape index (κ3) is 4.16. The van der Waals surface area contributed by atoms with Crippen molar-refractivity contribution in [2.24, 2.45) is 0 Å². The number of nitrogens with zero attached hydrogens (tertiary/aromatic N) is 2. The van der Waals surface area contributed by atoms with Gasteiger partial charge in [0.25, 0.3) is 11.7 Å². The highest BCUT2D eigenvalue weighted by molar-refractivity contribution is 6.46. The van der Waals surface area contributed by atoms with Crippen molar-refractivity contribution in [1.82, 2.24) is 9.80 Å². The predicted molar refractivity (Wildman–Crippen MR) is 109 cm³/mol. The topological polar surface area (TPSA) is 83.2 Å². The molecule has 1 aliphatic heterocycles. The van der Waals surface area contributed by atoms with Gasteiger partial charge in [0.1, 0.15) is 23.3 Å². The van der Waals surface area contributed by atoms with Crippen LogP contribution in [-0.2, 0) is 9.59 Å². The third-order valence-corrected chi connectivity index (χ3v) is 4.94. The molecule has 0 aliphatic carbocycles. The van der Waals surface area contributed by atoms with E-state index in [0.717, 1.165) is 0 Å². The summed E-state index contributed by atoms with van der Waals surface area (Å²) < 4.78 is 10.9. The molecule has 1 saturated heterocycles. The lowest BCUT2D eigenvalue weighted by Crippen LogP contribution is -2.35. The van der Waals surface area contributed by atoms with Gasteiger partial charge in [0.05, 0.1) is 23.5 Å². The minimum atomic E-state index is -0.810. The summed E-state index contributed by atoms with van der Waals surface area (Å²) in [6, 6.07) is 7.26. The predicted octanol–water partition coefficient (Wildman–Crippen LogP) is 3.32. The van der Waals surface area contributed by atoms with E-state index in [4.69, 9.17) is 20.8 Å². The van der Waals surface area contributed by atoms with Gasteiger partial charge in [-0.2, -0.15) is 0 Å². The number of aliphatic hydroxyl groups excluding tert-OH is 1. The van der Waals surface area contributed by atoms with E-state index in [1.54, 1.807) is 24.3 Å². The first kappa shape index (κ1) is 21.0. The fourth-order valence-corrected chi connectivity index (χ4v) is 3.47. The molecule has 1 atom stereocenters. The molecule has 3 rings (SSSR count). The number of hydrogen-bond donors (Lipinski definition) is 1. The molecule has 0 spiro atoms. The number of hydrogen-bond acceptors (Lipinski definition) is 6. The van der Waals surface area contributed by atoms with Gasteiger partial charge >= 0.3 is 0 Å². The number of carbonyl (C=O) groups is 2. The first-order valence-corrected chi connectivity index (χ1v) is 9.62. The van der Waals surface area contributed by atoms with Crippen LogP contribution >= 0.6 is 11.6 Å². The van der Waals surface area contributed by atoms with Crippen LogP contribution in [0.25, 0.3) is 5.76 Å². The van der Waals surface area contributed by atoms with Gasteiger partial charge in [0, 0.05) is 18.7 Å². The number of ether oxygens (including phenoxy) is 1.